The van der Waals surface area contributed by atoms with Gasteiger partial charge in [0.15, 0.2) is 5.13 Å². The van der Waals surface area contributed by atoms with Crippen LogP contribution >= 0.6 is 11.3 Å². The molecule has 0 radical (unpaired) electrons. The van der Waals surface area contributed by atoms with Crippen molar-refractivity contribution in [2.24, 2.45) is 0 Å². The van der Waals surface area contributed by atoms with Gasteiger partial charge in [-0.05, 0) is 13.3 Å². The van der Waals surface area contributed by atoms with Gasteiger partial charge in [-0.15, -0.1) is 11.3 Å². The molecule has 0 spiro atoms. The number of rotatable bonds is 9. The third-order valence-corrected chi connectivity index (χ3v) is 3.45. The van der Waals surface area contributed by atoms with E-state index in [1.54, 1.807) is 18.4 Å². The highest BCUT2D eigenvalue weighted by Crippen LogP contribution is 2.18. The molecule has 0 fully saturated rings. The van der Waals surface area contributed by atoms with Crippen LogP contribution in [0.5, 0.6) is 0 Å². The summed E-state index contributed by atoms with van der Waals surface area (Å²) >= 11 is 1.55. The first-order chi connectivity index (χ1) is 9.19. The van der Waals surface area contributed by atoms with Gasteiger partial charge in [-0.2, -0.15) is 0 Å². The van der Waals surface area contributed by atoms with E-state index in [4.69, 9.17) is 9.47 Å². The Hall–Kier alpha value is -1.14. The smallest absolute Gasteiger partial charge is 0.306 e. The Morgan fingerprint density at radius 2 is 2.32 bits per heavy atom. The Morgan fingerprint density at radius 1 is 1.53 bits per heavy atom. The minimum absolute atomic E-state index is 0.171. The molecule has 0 amide bonds. The van der Waals surface area contributed by atoms with E-state index in [2.05, 4.69) is 17.2 Å². The summed E-state index contributed by atoms with van der Waals surface area (Å²) in [4.78, 5) is 15.7. The van der Waals surface area contributed by atoms with Crippen LogP contribution < -0.4 is 5.32 Å². The quantitative estimate of drug-likeness (QED) is 0.707. The second kappa shape index (κ2) is 8.87. The molecule has 1 unspecified atom stereocenters. The van der Waals surface area contributed by atoms with Gasteiger partial charge in [0, 0.05) is 18.9 Å². The second-order valence-electron chi connectivity index (χ2n) is 4.15. The van der Waals surface area contributed by atoms with Crippen molar-refractivity contribution >= 4 is 22.4 Å². The molecular weight excluding hydrogens is 264 g/mol. The van der Waals surface area contributed by atoms with Crippen molar-refractivity contribution in [1.82, 2.24) is 4.98 Å². The maximum Gasteiger partial charge on any atom is 0.306 e. The molecule has 1 heterocycles. The minimum atomic E-state index is -0.171. The largest absolute Gasteiger partial charge is 0.466 e. The third-order valence-electron chi connectivity index (χ3n) is 2.63. The molecule has 19 heavy (non-hydrogen) atoms. The molecule has 1 rings (SSSR count). The molecule has 108 valence electrons. The van der Waals surface area contributed by atoms with Gasteiger partial charge in [0.25, 0.3) is 0 Å². The number of carbonyl (C=O) groups excluding carboxylic acids is 1. The van der Waals surface area contributed by atoms with Gasteiger partial charge < -0.3 is 14.8 Å². The molecule has 0 aliphatic rings. The van der Waals surface area contributed by atoms with Crippen molar-refractivity contribution in [3.05, 3.63) is 11.1 Å². The molecule has 5 nitrogen and oxygen atoms in total. The molecule has 1 atom stereocenters. The number of thiazole rings is 1. The van der Waals surface area contributed by atoms with Crippen molar-refractivity contribution < 1.29 is 14.3 Å². The standard InChI is InChI=1S/C13H22N2O3S/c1-4-10(8-17-3)14-13-15-11(9-19-13)6-7-12(16)18-5-2/h9-10H,4-8H2,1-3H3,(H,14,15). The zero-order valence-electron chi connectivity index (χ0n) is 11.8. The average Bonchev–Trinajstić information content (AvgIpc) is 2.84. The summed E-state index contributed by atoms with van der Waals surface area (Å²) in [6.45, 7) is 5.00. The Morgan fingerprint density at radius 3 is 2.95 bits per heavy atom. The number of esters is 1. The first kappa shape index (κ1) is 15.9. The van der Waals surface area contributed by atoms with Gasteiger partial charge in [-0.1, -0.05) is 6.92 Å². The molecule has 0 aliphatic heterocycles. The average molecular weight is 286 g/mol. The van der Waals surface area contributed by atoms with E-state index in [-0.39, 0.29) is 12.0 Å². The number of aryl methyl sites for hydroxylation is 1. The first-order valence-corrected chi connectivity index (χ1v) is 7.43. The van der Waals surface area contributed by atoms with E-state index in [0.29, 0.717) is 26.1 Å². The molecular formula is C13H22N2O3S. The molecule has 0 aromatic carbocycles. The van der Waals surface area contributed by atoms with Crippen molar-refractivity contribution in [1.29, 1.82) is 0 Å². The fraction of sp³-hybridized carbons (Fsp3) is 0.692. The van der Waals surface area contributed by atoms with Crippen LogP contribution in [0.15, 0.2) is 5.38 Å². The number of nitrogens with one attached hydrogen (secondary N) is 1. The van der Waals surface area contributed by atoms with Crippen LogP contribution in [-0.2, 0) is 20.7 Å². The summed E-state index contributed by atoms with van der Waals surface area (Å²) in [5.41, 5.74) is 0.924. The SMILES string of the molecule is CCOC(=O)CCc1csc(NC(CC)COC)n1. The fourth-order valence-electron chi connectivity index (χ4n) is 1.59. The number of nitrogens with zero attached hydrogens (tertiary/aromatic N) is 1. The Labute approximate surface area is 118 Å². The molecule has 6 heteroatoms. The number of anilines is 1. The molecule has 1 aromatic heterocycles. The molecule has 0 saturated carbocycles. The number of aromatic nitrogens is 1. The van der Waals surface area contributed by atoms with E-state index in [1.165, 1.54) is 0 Å². The van der Waals surface area contributed by atoms with E-state index in [9.17, 15) is 4.79 Å². The molecule has 1 aromatic rings. The summed E-state index contributed by atoms with van der Waals surface area (Å²) in [6, 6.07) is 0.272. The van der Waals surface area contributed by atoms with Crippen LogP contribution in [0, 0.1) is 0 Å². The van der Waals surface area contributed by atoms with E-state index in [1.807, 2.05) is 12.3 Å². The number of methoxy groups -OCH3 is 1. The van der Waals surface area contributed by atoms with Crippen LogP contribution in [0.2, 0.25) is 0 Å². The maximum absolute atomic E-state index is 11.3. The van der Waals surface area contributed by atoms with Crippen LogP contribution in [0.1, 0.15) is 32.4 Å². The summed E-state index contributed by atoms with van der Waals surface area (Å²) in [5, 5.41) is 6.18. The second-order valence-corrected chi connectivity index (χ2v) is 5.01. The lowest BCUT2D eigenvalue weighted by molar-refractivity contribution is -0.143. The monoisotopic (exact) mass is 286 g/mol. The third kappa shape index (κ3) is 6.02. The van der Waals surface area contributed by atoms with Crippen molar-refractivity contribution in [2.75, 3.05) is 25.6 Å². The lowest BCUT2D eigenvalue weighted by Crippen LogP contribution is -2.23. The van der Waals surface area contributed by atoms with Gasteiger partial charge in [0.1, 0.15) is 0 Å². The van der Waals surface area contributed by atoms with Crippen LogP contribution in [0.4, 0.5) is 5.13 Å². The highest BCUT2D eigenvalue weighted by molar-refractivity contribution is 7.13. The van der Waals surface area contributed by atoms with Crippen LogP contribution in [0.3, 0.4) is 0 Å². The summed E-state index contributed by atoms with van der Waals surface area (Å²) in [7, 11) is 1.69. The number of carbonyl (C=O) groups is 1. The maximum atomic E-state index is 11.3. The molecule has 0 saturated heterocycles. The van der Waals surface area contributed by atoms with E-state index < -0.39 is 0 Å². The topological polar surface area (TPSA) is 60.5 Å². The normalized spacial score (nSPS) is 12.2. The zero-order valence-corrected chi connectivity index (χ0v) is 12.6. The molecule has 0 aliphatic carbocycles. The number of hydrogen-bond donors (Lipinski definition) is 1. The van der Waals surface area contributed by atoms with Crippen molar-refractivity contribution in [3.8, 4) is 0 Å². The predicted octanol–water partition coefficient (Wildman–Crippen LogP) is 2.48. The van der Waals surface area contributed by atoms with Crippen molar-refractivity contribution in [2.45, 2.75) is 39.2 Å². The first-order valence-electron chi connectivity index (χ1n) is 6.55. The zero-order chi connectivity index (χ0) is 14.1. The molecule has 1 N–H and O–H groups in total. The fourth-order valence-corrected chi connectivity index (χ4v) is 2.41. The van der Waals surface area contributed by atoms with Gasteiger partial charge >= 0.3 is 5.97 Å². The summed E-state index contributed by atoms with van der Waals surface area (Å²) in [6.07, 6.45) is 1.98. The number of hydrogen-bond acceptors (Lipinski definition) is 6. The van der Waals surface area contributed by atoms with Gasteiger partial charge in [0.05, 0.1) is 31.4 Å². The lowest BCUT2D eigenvalue weighted by Gasteiger charge is -2.14. The predicted molar refractivity (Wildman–Crippen MR) is 76.6 cm³/mol. The van der Waals surface area contributed by atoms with Gasteiger partial charge in [-0.25, -0.2) is 4.98 Å². The van der Waals surface area contributed by atoms with Gasteiger partial charge in [-0.3, -0.25) is 4.79 Å². The Kier molecular flexibility index (Phi) is 7.43. The van der Waals surface area contributed by atoms with E-state index >= 15 is 0 Å². The summed E-state index contributed by atoms with van der Waals surface area (Å²) in [5.74, 6) is -0.171. The highest BCUT2D eigenvalue weighted by Gasteiger charge is 2.10. The van der Waals surface area contributed by atoms with E-state index in [0.717, 1.165) is 17.2 Å². The molecule has 0 bridgehead atoms. The lowest BCUT2D eigenvalue weighted by atomic mass is 10.2. The number of ether oxygens (including phenoxy) is 2. The van der Waals surface area contributed by atoms with Crippen LogP contribution in [-0.4, -0.2) is 37.3 Å². The van der Waals surface area contributed by atoms with Crippen LogP contribution in [0.25, 0.3) is 0 Å². The van der Waals surface area contributed by atoms with Gasteiger partial charge in [0.2, 0.25) is 0 Å². The van der Waals surface area contributed by atoms with Crippen molar-refractivity contribution in [3.63, 3.8) is 0 Å². The Balaban J connectivity index is 2.41. The summed E-state index contributed by atoms with van der Waals surface area (Å²) < 4.78 is 10.0. The minimum Gasteiger partial charge on any atom is -0.466 e. The Bertz CT molecular complexity index is 382. The highest BCUT2D eigenvalue weighted by atomic mass is 32.1.